The Morgan fingerprint density at radius 3 is 3.00 bits per heavy atom. The average Bonchev–Trinajstić information content (AvgIpc) is 2.42. The number of fused-ring (bicyclic) bond motifs is 1. The van der Waals surface area contributed by atoms with Crippen LogP contribution >= 0.6 is 0 Å². The number of rotatable bonds is 1. The smallest absolute Gasteiger partial charge is 0.338 e. The Kier molecular flexibility index (Phi) is 1.63. The summed E-state index contributed by atoms with van der Waals surface area (Å²) in [6.07, 6.45) is 2.64. The topological polar surface area (TPSA) is 93.5 Å². The number of nitrogens with two attached hydrogens (primary N) is 1. The maximum absolute atomic E-state index is 10.6. The van der Waals surface area contributed by atoms with Crippen molar-refractivity contribution in [2.75, 3.05) is 5.73 Å². The lowest BCUT2D eigenvalue weighted by Crippen LogP contribution is -2.01. The van der Waals surface area contributed by atoms with Crippen LogP contribution in [0.15, 0.2) is 12.4 Å². The highest BCUT2D eigenvalue weighted by Crippen LogP contribution is 2.15. The number of carbonyl (C=O) groups is 1. The monoisotopic (exact) mass is 192 g/mol. The van der Waals surface area contributed by atoms with Gasteiger partial charge in [0.2, 0.25) is 0 Å². The van der Waals surface area contributed by atoms with Crippen molar-refractivity contribution in [3.8, 4) is 0 Å². The fraction of sp³-hybridized carbons (Fsp3) is 0.125. The normalized spacial score (nSPS) is 10.6. The van der Waals surface area contributed by atoms with Gasteiger partial charge in [0.15, 0.2) is 5.65 Å². The predicted octanol–water partition coefficient (Wildman–Crippen LogP) is 0.318. The Labute approximate surface area is 79.0 Å². The number of aromatic nitrogens is 3. The molecule has 0 saturated carbocycles. The van der Waals surface area contributed by atoms with Crippen LogP contribution < -0.4 is 5.73 Å². The maximum atomic E-state index is 10.6. The predicted molar refractivity (Wildman–Crippen MR) is 49.1 cm³/mol. The first-order chi connectivity index (χ1) is 6.59. The van der Waals surface area contributed by atoms with Crippen LogP contribution in [0.1, 0.15) is 16.1 Å². The molecular formula is C8H8N4O2. The van der Waals surface area contributed by atoms with Gasteiger partial charge in [0, 0.05) is 12.4 Å². The van der Waals surface area contributed by atoms with Crippen molar-refractivity contribution in [1.29, 1.82) is 0 Å². The molecule has 72 valence electrons. The number of carboxylic acids is 1. The zero-order valence-corrected chi connectivity index (χ0v) is 7.43. The van der Waals surface area contributed by atoms with Crippen molar-refractivity contribution in [1.82, 2.24) is 14.6 Å². The molecule has 0 aliphatic heterocycles. The minimum absolute atomic E-state index is 0.0833. The van der Waals surface area contributed by atoms with Crippen molar-refractivity contribution in [3.63, 3.8) is 0 Å². The van der Waals surface area contributed by atoms with Crippen molar-refractivity contribution in [2.45, 2.75) is 6.92 Å². The highest BCUT2D eigenvalue weighted by atomic mass is 16.4. The molecule has 0 unspecified atom stereocenters. The Hall–Kier alpha value is -2.11. The lowest BCUT2D eigenvalue weighted by Gasteiger charge is -1.95. The second-order valence-corrected chi connectivity index (χ2v) is 2.92. The van der Waals surface area contributed by atoms with E-state index < -0.39 is 5.97 Å². The molecule has 0 fully saturated rings. The van der Waals surface area contributed by atoms with Gasteiger partial charge in [0.05, 0.1) is 11.3 Å². The van der Waals surface area contributed by atoms with Crippen LogP contribution in [0.2, 0.25) is 0 Å². The first-order valence-electron chi connectivity index (χ1n) is 3.93. The molecule has 0 amide bonds. The SMILES string of the molecule is Cc1nn2cc(C(=O)O)cnc2c1N. The van der Waals surface area contributed by atoms with E-state index in [1.165, 1.54) is 16.9 Å². The molecule has 2 rings (SSSR count). The fourth-order valence-electron chi connectivity index (χ4n) is 1.17. The largest absolute Gasteiger partial charge is 0.478 e. The number of anilines is 1. The number of hydrogen-bond acceptors (Lipinski definition) is 4. The van der Waals surface area contributed by atoms with Crippen LogP contribution in [0.3, 0.4) is 0 Å². The third-order valence-electron chi connectivity index (χ3n) is 1.94. The summed E-state index contributed by atoms with van der Waals surface area (Å²) >= 11 is 0. The minimum atomic E-state index is -1.04. The molecule has 0 aliphatic rings. The standard InChI is InChI=1S/C8H8N4O2/c1-4-6(9)7-10-2-5(8(13)14)3-12(7)11-4/h2-3H,9H2,1H3,(H,13,14). The van der Waals surface area contributed by atoms with Crippen LogP contribution in [-0.4, -0.2) is 25.7 Å². The quantitative estimate of drug-likeness (QED) is 0.678. The van der Waals surface area contributed by atoms with Crippen molar-refractivity contribution in [3.05, 3.63) is 23.7 Å². The highest BCUT2D eigenvalue weighted by Gasteiger charge is 2.09. The Morgan fingerprint density at radius 1 is 1.64 bits per heavy atom. The summed E-state index contributed by atoms with van der Waals surface area (Å²) in [5.74, 6) is -1.04. The van der Waals surface area contributed by atoms with Gasteiger partial charge in [-0.25, -0.2) is 14.3 Å². The van der Waals surface area contributed by atoms with Gasteiger partial charge in [0.25, 0.3) is 0 Å². The summed E-state index contributed by atoms with van der Waals surface area (Å²) in [5, 5.41) is 12.7. The van der Waals surface area contributed by atoms with Crippen LogP contribution in [-0.2, 0) is 0 Å². The summed E-state index contributed by atoms with van der Waals surface area (Å²) in [6, 6.07) is 0. The summed E-state index contributed by atoms with van der Waals surface area (Å²) in [5.41, 5.74) is 7.35. The van der Waals surface area contributed by atoms with E-state index in [2.05, 4.69) is 10.1 Å². The number of nitrogen functional groups attached to an aromatic ring is 1. The van der Waals surface area contributed by atoms with Crippen LogP contribution in [0.4, 0.5) is 5.69 Å². The summed E-state index contributed by atoms with van der Waals surface area (Å²) in [4.78, 5) is 14.5. The van der Waals surface area contributed by atoms with E-state index >= 15 is 0 Å². The molecule has 0 saturated heterocycles. The molecule has 2 heterocycles. The van der Waals surface area contributed by atoms with Crippen LogP contribution in [0, 0.1) is 6.92 Å². The molecule has 3 N–H and O–H groups in total. The van der Waals surface area contributed by atoms with Crippen molar-refractivity contribution >= 4 is 17.3 Å². The van der Waals surface area contributed by atoms with Gasteiger partial charge in [0.1, 0.15) is 5.69 Å². The van der Waals surface area contributed by atoms with E-state index in [0.717, 1.165) is 0 Å². The van der Waals surface area contributed by atoms with Gasteiger partial charge in [-0.05, 0) is 6.92 Å². The molecule has 0 aromatic carbocycles. The van der Waals surface area contributed by atoms with Gasteiger partial charge in [-0.3, -0.25) is 0 Å². The van der Waals surface area contributed by atoms with Crippen molar-refractivity contribution in [2.24, 2.45) is 0 Å². The zero-order valence-electron chi connectivity index (χ0n) is 7.43. The molecule has 0 radical (unpaired) electrons. The maximum Gasteiger partial charge on any atom is 0.338 e. The lowest BCUT2D eigenvalue weighted by molar-refractivity contribution is 0.0695. The van der Waals surface area contributed by atoms with Gasteiger partial charge in [-0.2, -0.15) is 5.10 Å². The molecule has 2 aromatic heterocycles. The molecule has 2 aromatic rings. The van der Waals surface area contributed by atoms with E-state index in [4.69, 9.17) is 10.8 Å². The Balaban J connectivity index is 2.73. The fourth-order valence-corrected chi connectivity index (χ4v) is 1.17. The molecule has 14 heavy (non-hydrogen) atoms. The molecular weight excluding hydrogens is 184 g/mol. The first-order valence-corrected chi connectivity index (χ1v) is 3.93. The van der Waals surface area contributed by atoms with E-state index in [9.17, 15) is 4.79 Å². The van der Waals surface area contributed by atoms with E-state index in [1.807, 2.05) is 0 Å². The first kappa shape index (κ1) is 8.49. The molecule has 0 bridgehead atoms. The van der Waals surface area contributed by atoms with Crippen LogP contribution in [0.25, 0.3) is 5.65 Å². The Bertz CT molecular complexity index is 517. The second-order valence-electron chi connectivity index (χ2n) is 2.92. The number of carboxylic acid groups (broad SMARTS) is 1. The molecule has 0 aliphatic carbocycles. The number of hydrogen-bond donors (Lipinski definition) is 2. The summed E-state index contributed by atoms with van der Waals surface area (Å²) in [7, 11) is 0. The van der Waals surface area contributed by atoms with E-state index in [-0.39, 0.29) is 5.56 Å². The average molecular weight is 192 g/mol. The van der Waals surface area contributed by atoms with Gasteiger partial charge in [-0.1, -0.05) is 0 Å². The summed E-state index contributed by atoms with van der Waals surface area (Å²) < 4.78 is 1.37. The van der Waals surface area contributed by atoms with E-state index in [1.54, 1.807) is 6.92 Å². The molecule has 0 atom stereocenters. The number of aryl methyl sites for hydroxylation is 1. The zero-order chi connectivity index (χ0) is 10.3. The van der Waals surface area contributed by atoms with Gasteiger partial charge < -0.3 is 10.8 Å². The number of nitrogens with zero attached hydrogens (tertiary/aromatic N) is 3. The number of aromatic carboxylic acids is 1. The Morgan fingerprint density at radius 2 is 2.36 bits per heavy atom. The van der Waals surface area contributed by atoms with Crippen LogP contribution in [0.5, 0.6) is 0 Å². The third-order valence-corrected chi connectivity index (χ3v) is 1.94. The highest BCUT2D eigenvalue weighted by molar-refractivity contribution is 5.87. The summed E-state index contributed by atoms with van der Waals surface area (Å²) in [6.45, 7) is 1.74. The minimum Gasteiger partial charge on any atom is -0.478 e. The lowest BCUT2D eigenvalue weighted by atomic mass is 10.3. The third kappa shape index (κ3) is 1.08. The second kappa shape index (κ2) is 2.69. The van der Waals surface area contributed by atoms with Crippen molar-refractivity contribution < 1.29 is 9.90 Å². The van der Waals surface area contributed by atoms with E-state index in [0.29, 0.717) is 17.0 Å². The molecule has 6 heteroatoms. The molecule has 0 spiro atoms. The van der Waals surface area contributed by atoms with Gasteiger partial charge >= 0.3 is 5.97 Å². The molecule has 6 nitrogen and oxygen atoms in total. The van der Waals surface area contributed by atoms with Gasteiger partial charge in [-0.15, -0.1) is 0 Å².